The zero-order valence-corrected chi connectivity index (χ0v) is 9.04. The van der Waals surface area contributed by atoms with Crippen molar-refractivity contribution in [3.05, 3.63) is 0 Å². The standard InChI is InChI=1S/C9H20N2O2/c1-5-13-9(12-4)10-7-6-8-11(2)3/h5-8H2,1-4H3. The average Bonchev–Trinajstić information content (AvgIpc) is 2.10. The number of methoxy groups -OCH3 is 1. The molecule has 0 aromatic carbocycles. The van der Waals surface area contributed by atoms with E-state index in [2.05, 4.69) is 9.89 Å². The van der Waals surface area contributed by atoms with Crippen LogP contribution in [0, 0.1) is 0 Å². The molecule has 0 aromatic heterocycles. The highest BCUT2D eigenvalue weighted by atomic mass is 16.7. The summed E-state index contributed by atoms with van der Waals surface area (Å²) >= 11 is 0. The van der Waals surface area contributed by atoms with Gasteiger partial charge in [0.1, 0.15) is 0 Å². The van der Waals surface area contributed by atoms with Crippen molar-refractivity contribution >= 4 is 6.08 Å². The topological polar surface area (TPSA) is 34.1 Å². The molecule has 0 aliphatic heterocycles. The number of rotatable bonds is 5. The maximum Gasteiger partial charge on any atom is 0.383 e. The molecule has 0 unspecified atom stereocenters. The fourth-order valence-electron chi connectivity index (χ4n) is 0.850. The molecule has 0 spiro atoms. The van der Waals surface area contributed by atoms with Crippen LogP contribution in [-0.2, 0) is 9.47 Å². The lowest BCUT2D eigenvalue weighted by Crippen LogP contribution is -2.14. The SMILES string of the molecule is CCOC(=NCCCN(C)C)OC. The van der Waals surface area contributed by atoms with Gasteiger partial charge >= 0.3 is 6.08 Å². The highest BCUT2D eigenvalue weighted by molar-refractivity contribution is 5.66. The summed E-state index contributed by atoms with van der Waals surface area (Å²) in [5, 5.41) is 0. The quantitative estimate of drug-likeness (QED) is 0.366. The lowest BCUT2D eigenvalue weighted by Gasteiger charge is -2.08. The number of aliphatic imine (C=N–C) groups is 1. The summed E-state index contributed by atoms with van der Waals surface area (Å²) in [6.07, 6.45) is 1.41. The first-order chi connectivity index (χ1) is 6.20. The molecule has 0 saturated carbocycles. The van der Waals surface area contributed by atoms with Gasteiger partial charge in [-0.2, -0.15) is 0 Å². The summed E-state index contributed by atoms with van der Waals surface area (Å²) in [7, 11) is 5.66. The molecule has 0 atom stereocenters. The van der Waals surface area contributed by atoms with E-state index >= 15 is 0 Å². The maximum atomic E-state index is 5.11. The van der Waals surface area contributed by atoms with E-state index in [0.29, 0.717) is 12.7 Å². The summed E-state index contributed by atoms with van der Waals surface area (Å²) in [5.74, 6) is 0. The summed E-state index contributed by atoms with van der Waals surface area (Å²) in [5.41, 5.74) is 0. The van der Waals surface area contributed by atoms with Gasteiger partial charge in [0.05, 0.1) is 13.7 Å². The van der Waals surface area contributed by atoms with Crippen molar-refractivity contribution in [2.24, 2.45) is 4.99 Å². The Kier molecular flexibility index (Phi) is 7.39. The zero-order chi connectivity index (χ0) is 10.1. The Bertz CT molecular complexity index is 147. The van der Waals surface area contributed by atoms with E-state index in [4.69, 9.17) is 9.47 Å². The molecule has 0 N–H and O–H groups in total. The van der Waals surface area contributed by atoms with Crippen molar-refractivity contribution in [2.75, 3.05) is 40.9 Å². The van der Waals surface area contributed by atoms with Crippen LogP contribution < -0.4 is 0 Å². The Hall–Kier alpha value is -0.770. The predicted molar refractivity (Wildman–Crippen MR) is 54.1 cm³/mol. The molecule has 4 heteroatoms. The third kappa shape index (κ3) is 7.59. The second kappa shape index (κ2) is 7.86. The summed E-state index contributed by atoms with van der Waals surface area (Å²) < 4.78 is 10.0. The van der Waals surface area contributed by atoms with Crippen LogP contribution in [0.5, 0.6) is 0 Å². The van der Waals surface area contributed by atoms with E-state index in [1.807, 2.05) is 21.0 Å². The van der Waals surface area contributed by atoms with E-state index < -0.39 is 0 Å². The third-order valence-electron chi connectivity index (χ3n) is 1.45. The maximum absolute atomic E-state index is 5.11. The largest absolute Gasteiger partial charge is 0.454 e. The van der Waals surface area contributed by atoms with E-state index in [1.165, 1.54) is 0 Å². The van der Waals surface area contributed by atoms with Crippen LogP contribution >= 0.6 is 0 Å². The highest BCUT2D eigenvalue weighted by Gasteiger charge is 1.96. The molecular weight excluding hydrogens is 168 g/mol. The Balaban J connectivity index is 3.54. The molecule has 78 valence electrons. The minimum absolute atomic E-state index is 0.390. The molecular formula is C9H20N2O2. The first kappa shape index (κ1) is 12.2. The Morgan fingerprint density at radius 3 is 2.54 bits per heavy atom. The van der Waals surface area contributed by atoms with Gasteiger partial charge in [-0.15, -0.1) is 0 Å². The van der Waals surface area contributed by atoms with Gasteiger partial charge in [0.15, 0.2) is 0 Å². The Labute approximate surface area is 80.5 Å². The van der Waals surface area contributed by atoms with Crippen LogP contribution in [0.1, 0.15) is 13.3 Å². The zero-order valence-electron chi connectivity index (χ0n) is 9.04. The first-order valence-electron chi connectivity index (χ1n) is 4.56. The molecule has 0 saturated heterocycles. The number of hydrogen-bond acceptors (Lipinski definition) is 4. The number of ether oxygens (including phenoxy) is 2. The van der Waals surface area contributed by atoms with Crippen LogP contribution in [0.15, 0.2) is 4.99 Å². The lowest BCUT2D eigenvalue weighted by atomic mass is 10.4. The van der Waals surface area contributed by atoms with Crippen LogP contribution in [0.2, 0.25) is 0 Å². The fourth-order valence-corrected chi connectivity index (χ4v) is 0.850. The van der Waals surface area contributed by atoms with Gasteiger partial charge in [-0.25, -0.2) is 4.99 Å². The summed E-state index contributed by atoms with van der Waals surface area (Å²) in [4.78, 5) is 6.28. The van der Waals surface area contributed by atoms with Gasteiger partial charge in [-0.05, 0) is 34.0 Å². The molecule has 0 aliphatic carbocycles. The van der Waals surface area contributed by atoms with Crippen molar-refractivity contribution < 1.29 is 9.47 Å². The molecule has 0 aromatic rings. The van der Waals surface area contributed by atoms with Crippen molar-refractivity contribution in [3.63, 3.8) is 0 Å². The van der Waals surface area contributed by atoms with Gasteiger partial charge < -0.3 is 14.4 Å². The molecule has 0 bridgehead atoms. The monoisotopic (exact) mass is 188 g/mol. The average molecular weight is 188 g/mol. The second-order valence-corrected chi connectivity index (χ2v) is 2.94. The van der Waals surface area contributed by atoms with Crippen molar-refractivity contribution in [1.82, 2.24) is 4.90 Å². The Morgan fingerprint density at radius 2 is 2.08 bits per heavy atom. The molecule has 0 aliphatic rings. The van der Waals surface area contributed by atoms with Gasteiger partial charge in [0, 0.05) is 6.54 Å². The molecule has 0 amide bonds. The molecule has 0 heterocycles. The van der Waals surface area contributed by atoms with Crippen LogP contribution in [0.4, 0.5) is 0 Å². The van der Waals surface area contributed by atoms with E-state index in [9.17, 15) is 0 Å². The highest BCUT2D eigenvalue weighted by Crippen LogP contribution is 1.89. The lowest BCUT2D eigenvalue weighted by molar-refractivity contribution is 0.206. The van der Waals surface area contributed by atoms with Crippen LogP contribution in [-0.4, -0.2) is 51.9 Å². The van der Waals surface area contributed by atoms with E-state index in [0.717, 1.165) is 19.5 Å². The van der Waals surface area contributed by atoms with Crippen LogP contribution in [0.25, 0.3) is 0 Å². The second-order valence-electron chi connectivity index (χ2n) is 2.94. The Morgan fingerprint density at radius 1 is 1.38 bits per heavy atom. The number of nitrogens with zero attached hydrogens (tertiary/aromatic N) is 2. The van der Waals surface area contributed by atoms with Crippen LogP contribution in [0.3, 0.4) is 0 Å². The summed E-state index contributed by atoms with van der Waals surface area (Å²) in [6.45, 7) is 4.29. The van der Waals surface area contributed by atoms with Crippen molar-refractivity contribution in [2.45, 2.75) is 13.3 Å². The smallest absolute Gasteiger partial charge is 0.383 e. The van der Waals surface area contributed by atoms with Gasteiger partial charge in [0.2, 0.25) is 0 Å². The fraction of sp³-hybridized carbons (Fsp3) is 0.889. The summed E-state index contributed by atoms with van der Waals surface area (Å²) in [6, 6.07) is 0. The number of hydrogen-bond donors (Lipinski definition) is 0. The first-order valence-corrected chi connectivity index (χ1v) is 4.56. The minimum atomic E-state index is 0.390. The predicted octanol–water partition coefficient (Wildman–Crippen LogP) is 0.977. The molecule has 0 fully saturated rings. The molecule has 13 heavy (non-hydrogen) atoms. The molecule has 4 nitrogen and oxygen atoms in total. The molecule has 0 radical (unpaired) electrons. The van der Waals surface area contributed by atoms with Gasteiger partial charge in [-0.3, -0.25) is 0 Å². The van der Waals surface area contributed by atoms with E-state index in [-0.39, 0.29) is 0 Å². The van der Waals surface area contributed by atoms with Gasteiger partial charge in [0.25, 0.3) is 0 Å². The van der Waals surface area contributed by atoms with Crippen molar-refractivity contribution in [1.29, 1.82) is 0 Å². The van der Waals surface area contributed by atoms with Gasteiger partial charge in [-0.1, -0.05) is 0 Å². The normalized spacial score (nSPS) is 11.9. The molecule has 0 rings (SSSR count). The third-order valence-corrected chi connectivity index (χ3v) is 1.45. The minimum Gasteiger partial charge on any atom is -0.454 e. The van der Waals surface area contributed by atoms with E-state index in [1.54, 1.807) is 7.11 Å². The van der Waals surface area contributed by atoms with Crippen molar-refractivity contribution in [3.8, 4) is 0 Å².